The summed E-state index contributed by atoms with van der Waals surface area (Å²) >= 11 is 1.60. The number of fused-ring (bicyclic) bond motifs is 1. The maximum atomic E-state index is 10.6. The fourth-order valence-corrected chi connectivity index (χ4v) is 3.23. The summed E-state index contributed by atoms with van der Waals surface area (Å²) in [5.41, 5.74) is -0.680. The Labute approximate surface area is 115 Å². The third-order valence-corrected chi connectivity index (χ3v) is 4.38. The second-order valence-electron chi connectivity index (χ2n) is 5.03. The molecule has 0 unspecified atom stereocenters. The van der Waals surface area contributed by atoms with E-state index < -0.39 is 5.60 Å². The molecular formula is C13H17N3O2S. The first-order chi connectivity index (χ1) is 9.18. The van der Waals surface area contributed by atoms with Crippen LogP contribution in [0.4, 0.5) is 5.82 Å². The van der Waals surface area contributed by atoms with E-state index in [1.807, 2.05) is 23.4 Å². The summed E-state index contributed by atoms with van der Waals surface area (Å²) in [7, 11) is 1.97. The highest BCUT2D eigenvalue weighted by molar-refractivity contribution is 7.16. The van der Waals surface area contributed by atoms with Gasteiger partial charge in [-0.15, -0.1) is 11.3 Å². The van der Waals surface area contributed by atoms with Crippen LogP contribution in [-0.4, -0.2) is 47.5 Å². The number of thiophene rings is 1. The minimum Gasteiger partial charge on any atom is -0.388 e. The predicted octanol–water partition coefficient (Wildman–Crippen LogP) is 1.67. The Kier molecular flexibility index (Phi) is 3.38. The Morgan fingerprint density at radius 3 is 3.00 bits per heavy atom. The largest absolute Gasteiger partial charge is 0.388 e. The summed E-state index contributed by atoms with van der Waals surface area (Å²) in [5.74, 6) is 0.881. The summed E-state index contributed by atoms with van der Waals surface area (Å²) in [4.78, 5) is 11.6. The van der Waals surface area contributed by atoms with E-state index >= 15 is 0 Å². The number of hydrogen-bond acceptors (Lipinski definition) is 6. The molecule has 6 heteroatoms. The molecule has 0 aliphatic carbocycles. The predicted molar refractivity (Wildman–Crippen MR) is 75.7 cm³/mol. The van der Waals surface area contributed by atoms with Crippen molar-refractivity contribution in [3.63, 3.8) is 0 Å². The first-order valence-electron chi connectivity index (χ1n) is 6.37. The van der Waals surface area contributed by atoms with E-state index in [2.05, 4.69) is 9.97 Å². The van der Waals surface area contributed by atoms with Crippen LogP contribution >= 0.6 is 11.3 Å². The van der Waals surface area contributed by atoms with Crippen LogP contribution in [-0.2, 0) is 4.74 Å². The van der Waals surface area contributed by atoms with Crippen LogP contribution in [0.1, 0.15) is 12.8 Å². The summed E-state index contributed by atoms with van der Waals surface area (Å²) in [6.45, 7) is 1.82. The van der Waals surface area contributed by atoms with Crippen molar-refractivity contribution < 1.29 is 9.84 Å². The lowest BCUT2D eigenvalue weighted by Gasteiger charge is -2.35. The lowest BCUT2D eigenvalue weighted by molar-refractivity contribution is -0.0573. The number of aromatic nitrogens is 2. The van der Waals surface area contributed by atoms with Gasteiger partial charge in [-0.1, -0.05) is 0 Å². The van der Waals surface area contributed by atoms with Crippen molar-refractivity contribution >= 4 is 27.4 Å². The van der Waals surface area contributed by atoms with Crippen molar-refractivity contribution in [1.29, 1.82) is 0 Å². The zero-order valence-corrected chi connectivity index (χ0v) is 11.7. The molecular weight excluding hydrogens is 262 g/mol. The molecule has 0 amide bonds. The van der Waals surface area contributed by atoms with Gasteiger partial charge in [0.05, 0.1) is 11.0 Å². The summed E-state index contributed by atoms with van der Waals surface area (Å²) in [6, 6.07) is 2.03. The van der Waals surface area contributed by atoms with Crippen molar-refractivity contribution in [3.8, 4) is 0 Å². The molecule has 19 heavy (non-hydrogen) atoms. The van der Waals surface area contributed by atoms with E-state index in [0.29, 0.717) is 32.6 Å². The van der Waals surface area contributed by atoms with Crippen molar-refractivity contribution in [2.75, 3.05) is 31.7 Å². The molecule has 3 rings (SSSR count). The quantitative estimate of drug-likeness (QED) is 0.926. The first kappa shape index (κ1) is 12.8. The number of rotatable bonds is 3. The van der Waals surface area contributed by atoms with Gasteiger partial charge in [0, 0.05) is 39.6 Å². The van der Waals surface area contributed by atoms with Crippen LogP contribution < -0.4 is 4.90 Å². The molecule has 0 aromatic carbocycles. The van der Waals surface area contributed by atoms with Gasteiger partial charge in [-0.3, -0.25) is 0 Å². The smallest absolute Gasteiger partial charge is 0.140 e. The monoisotopic (exact) mass is 279 g/mol. The highest BCUT2D eigenvalue weighted by Gasteiger charge is 2.31. The van der Waals surface area contributed by atoms with Gasteiger partial charge < -0.3 is 14.7 Å². The maximum Gasteiger partial charge on any atom is 0.140 e. The van der Waals surface area contributed by atoms with Crippen LogP contribution in [0.25, 0.3) is 10.2 Å². The summed E-state index contributed by atoms with van der Waals surface area (Å²) < 4.78 is 5.31. The zero-order valence-electron chi connectivity index (χ0n) is 10.9. The molecule has 3 heterocycles. The van der Waals surface area contributed by atoms with E-state index in [1.165, 1.54) is 0 Å². The minimum atomic E-state index is -0.680. The molecule has 2 aromatic rings. The van der Waals surface area contributed by atoms with Gasteiger partial charge in [-0.2, -0.15) is 0 Å². The zero-order chi connectivity index (χ0) is 13.3. The second kappa shape index (κ2) is 5.03. The molecule has 0 spiro atoms. The van der Waals surface area contributed by atoms with Crippen molar-refractivity contribution in [2.45, 2.75) is 18.4 Å². The van der Waals surface area contributed by atoms with E-state index in [0.717, 1.165) is 16.0 Å². The maximum absolute atomic E-state index is 10.6. The Bertz CT molecular complexity index is 566. The summed E-state index contributed by atoms with van der Waals surface area (Å²) in [6.07, 6.45) is 2.93. The molecule has 2 aromatic heterocycles. The Morgan fingerprint density at radius 1 is 1.42 bits per heavy atom. The van der Waals surface area contributed by atoms with E-state index in [1.54, 1.807) is 17.7 Å². The number of likely N-dealkylation sites (N-methyl/N-ethyl adjacent to an activating group) is 1. The molecule has 0 saturated carbocycles. The van der Waals surface area contributed by atoms with E-state index in [9.17, 15) is 5.11 Å². The SMILES string of the molecule is CN(CC1(O)CCOCC1)c1ncnc2sccc12. The first-order valence-corrected chi connectivity index (χ1v) is 7.25. The minimum absolute atomic E-state index is 0.568. The van der Waals surface area contributed by atoms with Crippen molar-refractivity contribution in [2.24, 2.45) is 0 Å². The van der Waals surface area contributed by atoms with Gasteiger partial charge in [0.25, 0.3) is 0 Å². The third-order valence-electron chi connectivity index (χ3n) is 3.56. The number of aliphatic hydroxyl groups is 1. The highest BCUT2D eigenvalue weighted by Crippen LogP contribution is 2.28. The van der Waals surface area contributed by atoms with Gasteiger partial charge in [-0.05, 0) is 11.4 Å². The molecule has 1 fully saturated rings. The van der Waals surface area contributed by atoms with Crippen LogP contribution in [0.3, 0.4) is 0 Å². The summed E-state index contributed by atoms with van der Waals surface area (Å²) in [5, 5.41) is 13.6. The molecule has 102 valence electrons. The molecule has 0 radical (unpaired) electrons. The van der Waals surface area contributed by atoms with E-state index in [-0.39, 0.29) is 0 Å². The molecule has 1 aliphatic rings. The van der Waals surface area contributed by atoms with Crippen LogP contribution in [0.2, 0.25) is 0 Å². The topological polar surface area (TPSA) is 58.5 Å². The second-order valence-corrected chi connectivity index (χ2v) is 5.92. The third kappa shape index (κ3) is 2.56. The van der Waals surface area contributed by atoms with Crippen LogP contribution in [0.5, 0.6) is 0 Å². The molecule has 0 atom stereocenters. The lowest BCUT2D eigenvalue weighted by Crippen LogP contribution is -2.46. The normalized spacial score (nSPS) is 18.6. The van der Waals surface area contributed by atoms with Gasteiger partial charge in [0.15, 0.2) is 0 Å². The highest BCUT2D eigenvalue weighted by atomic mass is 32.1. The van der Waals surface area contributed by atoms with Gasteiger partial charge >= 0.3 is 0 Å². The van der Waals surface area contributed by atoms with Crippen molar-refractivity contribution in [3.05, 3.63) is 17.8 Å². The number of anilines is 1. The van der Waals surface area contributed by atoms with Gasteiger partial charge in [-0.25, -0.2) is 9.97 Å². The fourth-order valence-electron chi connectivity index (χ4n) is 2.51. The Morgan fingerprint density at radius 2 is 2.21 bits per heavy atom. The van der Waals surface area contributed by atoms with Gasteiger partial charge in [0.1, 0.15) is 17.0 Å². The Balaban J connectivity index is 1.83. The molecule has 1 aliphatic heterocycles. The van der Waals surface area contributed by atoms with Crippen LogP contribution in [0.15, 0.2) is 17.8 Å². The number of hydrogen-bond donors (Lipinski definition) is 1. The lowest BCUT2D eigenvalue weighted by atomic mass is 9.94. The van der Waals surface area contributed by atoms with Crippen molar-refractivity contribution in [1.82, 2.24) is 9.97 Å². The average molecular weight is 279 g/mol. The van der Waals surface area contributed by atoms with Crippen LogP contribution in [0, 0.1) is 0 Å². The Hall–Kier alpha value is -1.24. The standard InChI is InChI=1S/C13H17N3O2S/c1-16(8-13(17)3-5-18-6-4-13)11-10-2-7-19-12(10)15-9-14-11/h2,7,9,17H,3-6,8H2,1H3. The molecule has 1 N–H and O–H groups in total. The van der Waals surface area contributed by atoms with E-state index in [4.69, 9.17) is 4.74 Å². The molecule has 1 saturated heterocycles. The number of nitrogens with zero attached hydrogens (tertiary/aromatic N) is 3. The molecule has 5 nitrogen and oxygen atoms in total. The molecule has 0 bridgehead atoms. The number of ether oxygens (including phenoxy) is 1. The average Bonchev–Trinajstić information content (AvgIpc) is 2.86. The fraction of sp³-hybridized carbons (Fsp3) is 0.538. The van der Waals surface area contributed by atoms with Gasteiger partial charge in [0.2, 0.25) is 0 Å².